The number of hydrogen-bond acceptors (Lipinski definition) is 6. The van der Waals surface area contributed by atoms with Gasteiger partial charge in [-0.3, -0.25) is 14.9 Å². The second-order valence-electron chi connectivity index (χ2n) is 10.6. The molecule has 1 rings (SSSR count). The third-order valence-electron chi connectivity index (χ3n) is 4.66. The number of hydrogen-bond donors (Lipinski definition) is 3. The zero-order chi connectivity index (χ0) is 25.4. The maximum atomic E-state index is 13.4. The number of rotatable bonds is 9. The summed E-state index contributed by atoms with van der Waals surface area (Å²) in [7, 11) is 1.31. The Kier molecular flexibility index (Phi) is 10.4. The first-order valence-electron chi connectivity index (χ1n) is 11.3. The molecule has 0 saturated heterocycles. The standard InChI is InChI=1S/C25H41N3O5/c1-16(2)19(22(30)32-9)27-20(21(29)28-24(3,4)5)18(15-17-13-11-10-12-14-17)26-23(31)33-25(6,7)8/h10-14,16,18-20,27H,15H2,1-9H3,(H,26,31)(H,28,29)/t18-,19-,20?/m0/s1. The average molecular weight is 464 g/mol. The smallest absolute Gasteiger partial charge is 0.407 e. The summed E-state index contributed by atoms with van der Waals surface area (Å²) in [6.45, 7) is 14.6. The van der Waals surface area contributed by atoms with E-state index in [9.17, 15) is 14.4 Å². The first kappa shape index (κ1) is 28.4. The van der Waals surface area contributed by atoms with Gasteiger partial charge >= 0.3 is 12.1 Å². The highest BCUT2D eigenvalue weighted by Gasteiger charge is 2.37. The Morgan fingerprint density at radius 1 is 0.939 bits per heavy atom. The van der Waals surface area contributed by atoms with Crippen molar-refractivity contribution in [1.82, 2.24) is 16.0 Å². The van der Waals surface area contributed by atoms with E-state index in [1.165, 1.54) is 7.11 Å². The molecule has 3 atom stereocenters. The molecule has 1 unspecified atom stereocenters. The highest BCUT2D eigenvalue weighted by atomic mass is 16.6. The second kappa shape index (κ2) is 12.0. The largest absolute Gasteiger partial charge is 0.468 e. The van der Waals surface area contributed by atoms with Gasteiger partial charge in [-0.1, -0.05) is 44.2 Å². The summed E-state index contributed by atoms with van der Waals surface area (Å²) in [5.41, 5.74) is -0.295. The van der Waals surface area contributed by atoms with E-state index >= 15 is 0 Å². The van der Waals surface area contributed by atoms with Gasteiger partial charge in [-0.2, -0.15) is 0 Å². The summed E-state index contributed by atoms with van der Waals surface area (Å²) in [5.74, 6) is -0.968. The van der Waals surface area contributed by atoms with Crippen LogP contribution in [0.3, 0.4) is 0 Å². The molecule has 2 amide bonds. The fraction of sp³-hybridized carbons (Fsp3) is 0.640. The van der Waals surface area contributed by atoms with Gasteiger partial charge < -0.3 is 20.1 Å². The number of carbonyl (C=O) groups excluding carboxylic acids is 3. The number of esters is 1. The monoisotopic (exact) mass is 463 g/mol. The molecule has 0 radical (unpaired) electrons. The Balaban J connectivity index is 3.39. The lowest BCUT2D eigenvalue weighted by atomic mass is 9.95. The van der Waals surface area contributed by atoms with Crippen LogP contribution in [0.15, 0.2) is 30.3 Å². The molecule has 1 aromatic rings. The van der Waals surface area contributed by atoms with Crippen LogP contribution in [0.2, 0.25) is 0 Å². The Hall–Kier alpha value is -2.61. The molecule has 0 saturated carbocycles. The van der Waals surface area contributed by atoms with E-state index in [0.717, 1.165) is 5.56 Å². The molecule has 0 spiro atoms. The number of carbonyl (C=O) groups is 3. The van der Waals surface area contributed by atoms with E-state index in [4.69, 9.17) is 9.47 Å². The molecule has 0 aliphatic rings. The normalized spacial score (nSPS) is 14.7. The van der Waals surface area contributed by atoms with Crippen LogP contribution in [0.25, 0.3) is 0 Å². The van der Waals surface area contributed by atoms with Crippen LogP contribution >= 0.6 is 0 Å². The SMILES string of the molecule is COC(=O)[C@@H](NC(C(=O)NC(C)(C)C)[C@H](Cc1ccccc1)NC(=O)OC(C)(C)C)C(C)C. The molecular formula is C25H41N3O5. The van der Waals surface area contributed by atoms with Crippen molar-refractivity contribution in [3.8, 4) is 0 Å². The Morgan fingerprint density at radius 2 is 1.52 bits per heavy atom. The number of alkyl carbamates (subject to hydrolysis) is 1. The molecule has 186 valence electrons. The third kappa shape index (κ3) is 10.7. The van der Waals surface area contributed by atoms with Crippen LogP contribution in [0, 0.1) is 5.92 Å². The van der Waals surface area contributed by atoms with Crippen molar-refractivity contribution in [2.75, 3.05) is 7.11 Å². The summed E-state index contributed by atoms with van der Waals surface area (Å²) in [5, 5.41) is 8.97. The van der Waals surface area contributed by atoms with Crippen LogP contribution in [0.4, 0.5) is 4.79 Å². The maximum Gasteiger partial charge on any atom is 0.407 e. The molecule has 8 heteroatoms. The topological polar surface area (TPSA) is 106 Å². The van der Waals surface area contributed by atoms with Crippen molar-refractivity contribution in [2.24, 2.45) is 5.92 Å². The molecule has 8 nitrogen and oxygen atoms in total. The van der Waals surface area contributed by atoms with E-state index in [-0.39, 0.29) is 11.8 Å². The number of benzene rings is 1. The molecule has 1 aromatic carbocycles. The number of amides is 2. The molecule has 0 aliphatic heterocycles. The molecule has 0 aromatic heterocycles. The van der Waals surface area contributed by atoms with Crippen LogP contribution in [-0.2, 0) is 25.5 Å². The van der Waals surface area contributed by atoms with Gasteiger partial charge in [-0.15, -0.1) is 0 Å². The van der Waals surface area contributed by atoms with E-state index in [0.29, 0.717) is 6.42 Å². The van der Waals surface area contributed by atoms with Gasteiger partial charge in [-0.25, -0.2) is 4.79 Å². The van der Waals surface area contributed by atoms with Gasteiger partial charge in [0.2, 0.25) is 5.91 Å². The first-order chi connectivity index (χ1) is 15.1. The van der Waals surface area contributed by atoms with Crippen molar-refractivity contribution in [3.05, 3.63) is 35.9 Å². The van der Waals surface area contributed by atoms with Crippen LogP contribution in [0.1, 0.15) is 61.0 Å². The predicted octanol–water partition coefficient (Wildman–Crippen LogP) is 3.19. The summed E-state index contributed by atoms with van der Waals surface area (Å²) >= 11 is 0. The lowest BCUT2D eigenvalue weighted by Gasteiger charge is -2.34. The lowest BCUT2D eigenvalue weighted by molar-refractivity contribution is -0.145. The van der Waals surface area contributed by atoms with Gasteiger partial charge in [0.1, 0.15) is 17.7 Å². The van der Waals surface area contributed by atoms with Gasteiger partial charge in [0, 0.05) is 5.54 Å². The van der Waals surface area contributed by atoms with Crippen molar-refractivity contribution in [3.63, 3.8) is 0 Å². The van der Waals surface area contributed by atoms with E-state index in [1.54, 1.807) is 20.8 Å². The van der Waals surface area contributed by atoms with Crippen LogP contribution < -0.4 is 16.0 Å². The first-order valence-corrected chi connectivity index (χ1v) is 11.3. The maximum absolute atomic E-state index is 13.4. The third-order valence-corrected chi connectivity index (χ3v) is 4.66. The van der Waals surface area contributed by atoms with Crippen molar-refractivity contribution >= 4 is 18.0 Å². The van der Waals surface area contributed by atoms with Crippen LogP contribution in [-0.4, -0.2) is 54.3 Å². The predicted molar refractivity (Wildman–Crippen MR) is 129 cm³/mol. The molecular weight excluding hydrogens is 422 g/mol. The molecule has 0 fully saturated rings. The highest BCUT2D eigenvalue weighted by molar-refractivity contribution is 5.85. The van der Waals surface area contributed by atoms with Crippen molar-refractivity contribution < 1.29 is 23.9 Å². The Morgan fingerprint density at radius 3 is 1.97 bits per heavy atom. The summed E-state index contributed by atoms with van der Waals surface area (Å²) < 4.78 is 10.4. The molecule has 33 heavy (non-hydrogen) atoms. The van der Waals surface area contributed by atoms with Gasteiger partial charge in [0.25, 0.3) is 0 Å². The lowest BCUT2D eigenvalue weighted by Crippen LogP contribution is -2.64. The summed E-state index contributed by atoms with van der Waals surface area (Å²) in [4.78, 5) is 38.6. The number of methoxy groups -OCH3 is 1. The second-order valence-corrected chi connectivity index (χ2v) is 10.6. The van der Waals surface area contributed by atoms with E-state index < -0.39 is 41.3 Å². The molecule has 0 aliphatic carbocycles. The molecule has 0 heterocycles. The van der Waals surface area contributed by atoms with Gasteiger partial charge in [0.05, 0.1) is 13.2 Å². The van der Waals surface area contributed by atoms with Crippen LogP contribution in [0.5, 0.6) is 0 Å². The molecule has 0 bridgehead atoms. The fourth-order valence-corrected chi connectivity index (χ4v) is 3.25. The summed E-state index contributed by atoms with van der Waals surface area (Å²) in [6, 6.07) is 7.15. The molecule has 3 N–H and O–H groups in total. The van der Waals surface area contributed by atoms with Crippen molar-refractivity contribution in [2.45, 2.75) is 91.1 Å². The summed E-state index contributed by atoms with van der Waals surface area (Å²) in [6.07, 6.45) is -0.292. The zero-order valence-electron chi connectivity index (χ0n) is 21.4. The van der Waals surface area contributed by atoms with E-state index in [1.807, 2.05) is 65.0 Å². The Bertz CT molecular complexity index is 781. The van der Waals surface area contributed by atoms with E-state index in [2.05, 4.69) is 16.0 Å². The zero-order valence-corrected chi connectivity index (χ0v) is 21.4. The van der Waals surface area contributed by atoms with Gasteiger partial charge in [0.15, 0.2) is 0 Å². The highest BCUT2D eigenvalue weighted by Crippen LogP contribution is 2.14. The average Bonchev–Trinajstić information content (AvgIpc) is 2.65. The number of ether oxygens (including phenoxy) is 2. The van der Waals surface area contributed by atoms with Crippen molar-refractivity contribution in [1.29, 1.82) is 0 Å². The van der Waals surface area contributed by atoms with Gasteiger partial charge in [-0.05, 0) is 59.4 Å². The minimum atomic E-state index is -0.927. The Labute approximate surface area is 198 Å². The minimum Gasteiger partial charge on any atom is -0.468 e. The number of nitrogens with one attached hydrogen (secondary N) is 3. The fourth-order valence-electron chi connectivity index (χ4n) is 3.25. The minimum absolute atomic E-state index is 0.152. The quantitative estimate of drug-likeness (QED) is 0.486.